The van der Waals surface area contributed by atoms with Gasteiger partial charge in [-0.15, -0.1) is 0 Å². The number of anilines is 1. The van der Waals surface area contributed by atoms with E-state index in [0.717, 1.165) is 24.0 Å². The predicted molar refractivity (Wildman–Crippen MR) is 132 cm³/mol. The monoisotopic (exact) mass is 462 g/mol. The molecule has 0 heterocycles. The molecule has 0 saturated heterocycles. The number of benzene rings is 3. The van der Waals surface area contributed by atoms with Gasteiger partial charge in [0.25, 0.3) is 15.9 Å². The number of hydrogen-bond acceptors (Lipinski definition) is 3. The van der Waals surface area contributed by atoms with E-state index >= 15 is 0 Å². The number of carbonyl (C=O) groups excluding carboxylic acids is 1. The molecule has 5 nitrogen and oxygen atoms in total. The summed E-state index contributed by atoms with van der Waals surface area (Å²) < 4.78 is 28.3. The molecule has 33 heavy (non-hydrogen) atoms. The Bertz CT molecular complexity index is 1280. The average Bonchev–Trinajstić information content (AvgIpc) is 2.80. The van der Waals surface area contributed by atoms with Gasteiger partial charge >= 0.3 is 0 Å². The van der Waals surface area contributed by atoms with Crippen LogP contribution < -0.4 is 10.0 Å². The highest BCUT2D eigenvalue weighted by Crippen LogP contribution is 2.26. The van der Waals surface area contributed by atoms with Gasteiger partial charge in [0.2, 0.25) is 0 Å². The molecule has 1 aliphatic rings. The Morgan fingerprint density at radius 2 is 1.61 bits per heavy atom. The van der Waals surface area contributed by atoms with E-state index in [1.165, 1.54) is 24.0 Å². The third kappa shape index (κ3) is 5.11. The van der Waals surface area contributed by atoms with Crippen molar-refractivity contribution < 1.29 is 13.2 Å². The minimum Gasteiger partial charge on any atom is -0.346 e. The van der Waals surface area contributed by atoms with E-state index in [9.17, 15) is 13.2 Å². The SMILES string of the molecule is Cc1ccc(S(=O)(=O)Nc2cccc(C(=O)N[C@@H](C)c3ccc4c(c3)CCCC4)c2C)cc1. The normalized spacial score (nSPS) is 14.3. The summed E-state index contributed by atoms with van der Waals surface area (Å²) in [7, 11) is -3.75. The quantitative estimate of drug-likeness (QED) is 0.510. The second-order valence-electron chi connectivity index (χ2n) is 8.83. The van der Waals surface area contributed by atoms with E-state index in [4.69, 9.17) is 0 Å². The number of sulfonamides is 1. The standard InChI is InChI=1S/C27H30N2O3S/c1-18-11-15-24(16-12-18)33(31,32)29-26-10-6-9-25(19(26)2)27(30)28-20(3)22-14-13-21-7-4-5-8-23(21)17-22/h6,9-17,20,29H,4-5,7-8H2,1-3H3,(H,28,30)/t20-/m0/s1. The third-order valence-corrected chi connectivity index (χ3v) is 7.76. The summed E-state index contributed by atoms with van der Waals surface area (Å²) in [5, 5.41) is 3.07. The van der Waals surface area contributed by atoms with Gasteiger partial charge in [-0.1, -0.05) is 42.0 Å². The van der Waals surface area contributed by atoms with E-state index < -0.39 is 10.0 Å². The molecule has 0 aromatic heterocycles. The number of aryl methyl sites for hydroxylation is 3. The van der Waals surface area contributed by atoms with Crippen molar-refractivity contribution in [2.24, 2.45) is 0 Å². The van der Waals surface area contributed by atoms with Crippen molar-refractivity contribution in [2.45, 2.75) is 57.4 Å². The molecule has 1 amide bonds. The largest absolute Gasteiger partial charge is 0.346 e. The summed E-state index contributed by atoms with van der Waals surface area (Å²) in [6.07, 6.45) is 4.66. The number of amides is 1. The maximum atomic E-state index is 13.1. The summed E-state index contributed by atoms with van der Waals surface area (Å²) in [4.78, 5) is 13.3. The molecule has 172 valence electrons. The fourth-order valence-electron chi connectivity index (χ4n) is 4.29. The number of nitrogens with one attached hydrogen (secondary N) is 2. The topological polar surface area (TPSA) is 75.3 Å². The van der Waals surface area contributed by atoms with E-state index in [1.54, 1.807) is 49.4 Å². The molecular formula is C27H30N2O3S. The van der Waals surface area contributed by atoms with Crippen molar-refractivity contribution in [1.29, 1.82) is 0 Å². The highest BCUT2D eigenvalue weighted by Gasteiger charge is 2.20. The molecule has 2 N–H and O–H groups in total. The van der Waals surface area contributed by atoms with Gasteiger partial charge in [-0.2, -0.15) is 0 Å². The van der Waals surface area contributed by atoms with Crippen LogP contribution in [0.1, 0.15) is 64.0 Å². The molecule has 0 spiro atoms. The van der Waals surface area contributed by atoms with Gasteiger partial charge in [0, 0.05) is 5.56 Å². The Balaban J connectivity index is 1.52. The maximum Gasteiger partial charge on any atom is 0.261 e. The molecule has 0 radical (unpaired) electrons. The lowest BCUT2D eigenvalue weighted by Crippen LogP contribution is -2.28. The van der Waals surface area contributed by atoms with Gasteiger partial charge in [-0.3, -0.25) is 9.52 Å². The highest BCUT2D eigenvalue weighted by atomic mass is 32.2. The Labute approximate surface area is 196 Å². The minimum atomic E-state index is -3.75. The molecule has 1 aliphatic carbocycles. The Morgan fingerprint density at radius 3 is 2.33 bits per heavy atom. The molecule has 4 rings (SSSR count). The first-order chi connectivity index (χ1) is 15.7. The van der Waals surface area contributed by atoms with Crippen LogP contribution in [0.3, 0.4) is 0 Å². The lowest BCUT2D eigenvalue weighted by molar-refractivity contribution is 0.0939. The van der Waals surface area contributed by atoms with Crippen molar-refractivity contribution in [3.05, 3.63) is 94.0 Å². The van der Waals surface area contributed by atoms with Crippen molar-refractivity contribution in [3.8, 4) is 0 Å². The second-order valence-corrected chi connectivity index (χ2v) is 10.5. The second kappa shape index (κ2) is 9.40. The number of fused-ring (bicyclic) bond motifs is 1. The molecule has 6 heteroatoms. The fraction of sp³-hybridized carbons (Fsp3) is 0.296. The maximum absolute atomic E-state index is 13.1. The molecule has 0 unspecified atom stereocenters. The van der Waals surface area contributed by atoms with E-state index in [1.807, 2.05) is 13.8 Å². The van der Waals surface area contributed by atoms with Crippen molar-refractivity contribution in [2.75, 3.05) is 4.72 Å². The van der Waals surface area contributed by atoms with Crippen LogP contribution in [0.25, 0.3) is 0 Å². The Hall–Kier alpha value is -3.12. The summed E-state index contributed by atoms with van der Waals surface area (Å²) in [5.74, 6) is -0.228. The van der Waals surface area contributed by atoms with Crippen molar-refractivity contribution in [1.82, 2.24) is 5.32 Å². The first kappa shape index (κ1) is 23.1. The zero-order valence-electron chi connectivity index (χ0n) is 19.3. The van der Waals surface area contributed by atoms with Crippen LogP contribution in [0.5, 0.6) is 0 Å². The van der Waals surface area contributed by atoms with Crippen LogP contribution in [0.15, 0.2) is 65.6 Å². The minimum absolute atomic E-state index is 0.156. The summed E-state index contributed by atoms with van der Waals surface area (Å²) in [6.45, 7) is 5.63. The summed E-state index contributed by atoms with van der Waals surface area (Å²) >= 11 is 0. The fourth-order valence-corrected chi connectivity index (χ4v) is 5.42. The van der Waals surface area contributed by atoms with Crippen LogP contribution in [0, 0.1) is 13.8 Å². The third-order valence-electron chi connectivity index (χ3n) is 6.37. The van der Waals surface area contributed by atoms with Crippen LogP contribution in [0.2, 0.25) is 0 Å². The van der Waals surface area contributed by atoms with Gasteiger partial charge in [0.05, 0.1) is 16.6 Å². The molecule has 0 aliphatic heterocycles. The van der Waals surface area contributed by atoms with Gasteiger partial charge in [0.1, 0.15) is 0 Å². The number of hydrogen-bond donors (Lipinski definition) is 2. The van der Waals surface area contributed by atoms with Crippen LogP contribution in [0.4, 0.5) is 5.69 Å². The first-order valence-electron chi connectivity index (χ1n) is 11.4. The molecule has 3 aromatic rings. The van der Waals surface area contributed by atoms with E-state index in [-0.39, 0.29) is 16.8 Å². The molecular weight excluding hydrogens is 432 g/mol. The van der Waals surface area contributed by atoms with Crippen molar-refractivity contribution in [3.63, 3.8) is 0 Å². The molecule has 0 bridgehead atoms. The average molecular weight is 463 g/mol. The lowest BCUT2D eigenvalue weighted by Gasteiger charge is -2.21. The van der Waals surface area contributed by atoms with Crippen LogP contribution in [-0.4, -0.2) is 14.3 Å². The lowest BCUT2D eigenvalue weighted by atomic mass is 9.89. The van der Waals surface area contributed by atoms with Gasteiger partial charge in [0.15, 0.2) is 0 Å². The number of rotatable bonds is 6. The highest BCUT2D eigenvalue weighted by molar-refractivity contribution is 7.92. The first-order valence-corrected chi connectivity index (χ1v) is 12.8. The molecule has 0 saturated carbocycles. The zero-order chi connectivity index (χ0) is 23.6. The van der Waals surface area contributed by atoms with Crippen molar-refractivity contribution >= 4 is 21.6 Å². The molecule has 0 fully saturated rings. The zero-order valence-corrected chi connectivity index (χ0v) is 20.1. The van der Waals surface area contributed by atoms with Gasteiger partial charge < -0.3 is 5.32 Å². The molecule has 1 atom stereocenters. The Kier molecular flexibility index (Phi) is 6.56. The predicted octanol–water partition coefficient (Wildman–Crippen LogP) is 5.47. The van der Waals surface area contributed by atoms with E-state index in [0.29, 0.717) is 16.8 Å². The smallest absolute Gasteiger partial charge is 0.261 e. The van der Waals surface area contributed by atoms with Gasteiger partial charge in [-0.05, 0) is 93.0 Å². The number of carbonyl (C=O) groups is 1. The summed E-state index contributed by atoms with van der Waals surface area (Å²) in [6, 6.07) is 18.1. The van der Waals surface area contributed by atoms with Gasteiger partial charge in [-0.25, -0.2) is 8.42 Å². The molecule has 3 aromatic carbocycles. The van der Waals surface area contributed by atoms with Crippen LogP contribution >= 0.6 is 0 Å². The van der Waals surface area contributed by atoms with Crippen LogP contribution in [-0.2, 0) is 22.9 Å². The van der Waals surface area contributed by atoms with E-state index in [2.05, 4.69) is 28.2 Å². The Morgan fingerprint density at radius 1 is 0.909 bits per heavy atom. The summed E-state index contributed by atoms with van der Waals surface area (Å²) in [5.41, 5.74) is 6.28.